The van der Waals surface area contributed by atoms with Gasteiger partial charge in [-0.1, -0.05) is 6.07 Å². The molecule has 2 aromatic heterocycles. The Morgan fingerprint density at radius 3 is 2.71 bits per heavy atom. The summed E-state index contributed by atoms with van der Waals surface area (Å²) < 4.78 is 10.3. The van der Waals surface area contributed by atoms with Gasteiger partial charge in [0, 0.05) is 19.7 Å². The van der Waals surface area contributed by atoms with Gasteiger partial charge in [0.05, 0.1) is 17.2 Å². The Morgan fingerprint density at radius 2 is 2.04 bits per heavy atom. The SMILES string of the molecule is CC(=O)Nc1c[nH]c2c(C(=O)[O-])ncnc12.NCc1ccc2c(c1)OCO2.[K+]. The molecule has 1 aliphatic heterocycles. The number of amides is 1. The van der Waals surface area contributed by atoms with Gasteiger partial charge in [-0.25, -0.2) is 9.97 Å². The summed E-state index contributed by atoms with van der Waals surface area (Å²) >= 11 is 0. The number of aromatic carboxylic acids is 1. The fraction of sp³-hybridized carbons (Fsp3) is 0.176. The first kappa shape index (κ1) is 22.3. The number of hydrogen-bond donors (Lipinski definition) is 3. The number of benzene rings is 1. The zero-order valence-electron chi connectivity index (χ0n) is 15.3. The summed E-state index contributed by atoms with van der Waals surface area (Å²) in [5.74, 6) is -0.0618. The van der Waals surface area contributed by atoms with Gasteiger partial charge in [-0.15, -0.1) is 0 Å². The number of fused-ring (bicyclic) bond motifs is 2. The molecule has 1 aliphatic rings. The van der Waals surface area contributed by atoms with Gasteiger partial charge in [-0.2, -0.15) is 0 Å². The van der Waals surface area contributed by atoms with Crippen LogP contribution in [0, 0.1) is 0 Å². The molecule has 10 nitrogen and oxygen atoms in total. The fourth-order valence-corrected chi connectivity index (χ4v) is 2.45. The summed E-state index contributed by atoms with van der Waals surface area (Å²) in [7, 11) is 0. The summed E-state index contributed by atoms with van der Waals surface area (Å²) in [6.45, 7) is 2.21. The largest absolute Gasteiger partial charge is 1.00 e. The van der Waals surface area contributed by atoms with Gasteiger partial charge < -0.3 is 35.4 Å². The number of nitrogens with one attached hydrogen (secondary N) is 2. The van der Waals surface area contributed by atoms with Crippen molar-refractivity contribution >= 4 is 28.6 Å². The van der Waals surface area contributed by atoms with E-state index in [0.717, 1.165) is 23.4 Å². The molecular weight excluding hydrogens is 393 g/mol. The number of nitrogens with two attached hydrogens (primary N) is 1. The monoisotopic (exact) mass is 409 g/mol. The van der Waals surface area contributed by atoms with Crippen molar-refractivity contribution in [3.8, 4) is 11.5 Å². The van der Waals surface area contributed by atoms with E-state index in [1.165, 1.54) is 13.1 Å². The molecule has 11 heteroatoms. The number of hydrogen-bond acceptors (Lipinski definition) is 8. The van der Waals surface area contributed by atoms with Crippen molar-refractivity contribution in [1.29, 1.82) is 0 Å². The number of anilines is 1. The van der Waals surface area contributed by atoms with Crippen molar-refractivity contribution in [3.63, 3.8) is 0 Å². The molecule has 140 valence electrons. The molecule has 1 aromatic carbocycles. The summed E-state index contributed by atoms with van der Waals surface area (Å²) in [4.78, 5) is 31.8. The van der Waals surface area contributed by atoms with E-state index in [1.54, 1.807) is 0 Å². The average molecular weight is 409 g/mol. The average Bonchev–Trinajstić information content (AvgIpc) is 3.28. The normalized spacial score (nSPS) is 11.2. The van der Waals surface area contributed by atoms with Crippen molar-refractivity contribution in [2.75, 3.05) is 12.1 Å². The van der Waals surface area contributed by atoms with Crippen molar-refractivity contribution in [2.45, 2.75) is 13.5 Å². The van der Waals surface area contributed by atoms with Crippen LogP contribution >= 0.6 is 0 Å². The number of nitrogens with zero attached hydrogens (tertiary/aromatic N) is 2. The van der Waals surface area contributed by atoms with Crippen LogP contribution in [-0.2, 0) is 11.3 Å². The van der Waals surface area contributed by atoms with Gasteiger partial charge in [-0.3, -0.25) is 4.79 Å². The molecule has 4 N–H and O–H groups in total. The van der Waals surface area contributed by atoms with E-state index in [2.05, 4.69) is 20.3 Å². The number of carbonyl (C=O) groups is 2. The molecule has 0 radical (unpaired) electrons. The second kappa shape index (κ2) is 9.96. The van der Waals surface area contributed by atoms with Crippen molar-refractivity contribution in [1.82, 2.24) is 15.0 Å². The molecule has 0 aliphatic carbocycles. The van der Waals surface area contributed by atoms with Gasteiger partial charge in [0.15, 0.2) is 11.5 Å². The molecule has 28 heavy (non-hydrogen) atoms. The maximum Gasteiger partial charge on any atom is 1.00 e. The molecule has 0 unspecified atom stereocenters. The minimum absolute atomic E-state index is 0. The Bertz CT molecular complexity index is 1010. The zero-order valence-corrected chi connectivity index (χ0v) is 18.4. The van der Waals surface area contributed by atoms with E-state index in [1.807, 2.05) is 18.2 Å². The summed E-state index contributed by atoms with van der Waals surface area (Å²) in [5, 5.41) is 13.3. The third-order valence-electron chi connectivity index (χ3n) is 3.64. The van der Waals surface area contributed by atoms with E-state index in [9.17, 15) is 14.7 Å². The van der Waals surface area contributed by atoms with Gasteiger partial charge in [0.25, 0.3) is 0 Å². The van der Waals surface area contributed by atoms with E-state index < -0.39 is 5.97 Å². The molecule has 1 amide bonds. The predicted octanol–water partition coefficient (Wildman–Crippen LogP) is -2.84. The van der Waals surface area contributed by atoms with Crippen molar-refractivity contribution in [2.24, 2.45) is 5.73 Å². The molecule has 0 fully saturated rings. The molecule has 3 heterocycles. The maximum absolute atomic E-state index is 10.9. The minimum atomic E-state index is -1.40. The predicted molar refractivity (Wildman–Crippen MR) is 93.0 cm³/mol. The van der Waals surface area contributed by atoms with Gasteiger partial charge in [-0.05, 0) is 17.7 Å². The number of carboxylic acids is 1. The molecule has 0 spiro atoms. The maximum atomic E-state index is 10.9. The number of carboxylic acid groups (broad SMARTS) is 1. The number of carbonyl (C=O) groups excluding carboxylic acids is 2. The Balaban J connectivity index is 0.000000205. The second-order valence-electron chi connectivity index (χ2n) is 5.51. The number of rotatable bonds is 3. The number of aromatic nitrogens is 3. The van der Waals surface area contributed by atoms with Crippen LogP contribution in [0.3, 0.4) is 0 Å². The van der Waals surface area contributed by atoms with Crippen LogP contribution in [0.2, 0.25) is 0 Å². The summed E-state index contributed by atoms with van der Waals surface area (Å²) in [5.41, 5.74) is 7.25. The molecule has 4 rings (SSSR count). The first-order valence-electron chi connectivity index (χ1n) is 7.89. The Hall–Kier alpha value is -2.02. The van der Waals surface area contributed by atoms with Crippen LogP contribution in [0.15, 0.2) is 30.7 Å². The molecule has 0 bridgehead atoms. The van der Waals surface area contributed by atoms with Crippen LogP contribution in [-0.4, -0.2) is 33.6 Å². The Labute approximate surface area is 202 Å². The second-order valence-corrected chi connectivity index (χ2v) is 5.51. The van der Waals surface area contributed by atoms with Crippen LogP contribution in [0.4, 0.5) is 5.69 Å². The Morgan fingerprint density at radius 1 is 1.29 bits per heavy atom. The van der Waals surface area contributed by atoms with E-state index >= 15 is 0 Å². The number of ether oxygens (including phenoxy) is 2. The van der Waals surface area contributed by atoms with Crippen molar-refractivity contribution < 1.29 is 75.6 Å². The van der Waals surface area contributed by atoms with E-state index in [-0.39, 0.29) is 68.5 Å². The molecule has 3 aromatic rings. The summed E-state index contributed by atoms with van der Waals surface area (Å²) in [6, 6.07) is 5.72. The minimum Gasteiger partial charge on any atom is -0.543 e. The molecular formula is C17H16KN5O5. The van der Waals surface area contributed by atoms with Gasteiger partial charge in [0.1, 0.15) is 17.5 Å². The zero-order chi connectivity index (χ0) is 19.4. The molecule has 0 saturated heterocycles. The van der Waals surface area contributed by atoms with Crippen LogP contribution in [0.25, 0.3) is 11.0 Å². The smallest absolute Gasteiger partial charge is 0.543 e. The standard InChI is InChI=1S/C9H8N4O3.C8H9NO2.K/c1-4(14)13-5-2-10-7-6(5)11-3-12-8(7)9(15)16;9-4-6-1-2-7-8(3-6)11-5-10-7;/h2-3,10H,1H3,(H,13,14)(H,15,16);1-3H,4-5,9H2;/q;;+1/p-1. The fourth-order valence-electron chi connectivity index (χ4n) is 2.45. The van der Waals surface area contributed by atoms with Crippen LogP contribution in [0.1, 0.15) is 23.0 Å². The Kier molecular flexibility index (Phi) is 7.92. The third kappa shape index (κ3) is 5.07. The van der Waals surface area contributed by atoms with Crippen LogP contribution < -0.4 is 77.0 Å². The molecule has 0 atom stereocenters. The van der Waals surface area contributed by atoms with Gasteiger partial charge >= 0.3 is 51.4 Å². The van der Waals surface area contributed by atoms with Crippen molar-refractivity contribution in [3.05, 3.63) is 42.0 Å². The summed E-state index contributed by atoms with van der Waals surface area (Å²) in [6.07, 6.45) is 2.56. The quantitative estimate of drug-likeness (QED) is 0.391. The topological polar surface area (TPSA) is 155 Å². The van der Waals surface area contributed by atoms with E-state index in [4.69, 9.17) is 15.2 Å². The number of H-pyrrole nitrogens is 1. The van der Waals surface area contributed by atoms with E-state index in [0.29, 0.717) is 24.5 Å². The van der Waals surface area contributed by atoms with Crippen LogP contribution in [0.5, 0.6) is 11.5 Å². The first-order valence-corrected chi connectivity index (χ1v) is 7.89. The number of aromatic amines is 1. The first-order chi connectivity index (χ1) is 13.0. The van der Waals surface area contributed by atoms with Gasteiger partial charge in [0.2, 0.25) is 12.7 Å². The molecule has 0 saturated carbocycles. The third-order valence-corrected chi connectivity index (χ3v) is 3.64.